The first-order valence-corrected chi connectivity index (χ1v) is 10.5. The van der Waals surface area contributed by atoms with Crippen molar-refractivity contribution in [2.24, 2.45) is 0 Å². The number of carbonyl (C=O) groups is 2. The van der Waals surface area contributed by atoms with E-state index in [0.29, 0.717) is 5.69 Å². The highest BCUT2D eigenvalue weighted by Gasteiger charge is 2.39. The number of rotatable bonds is 4. The van der Waals surface area contributed by atoms with Crippen LogP contribution in [0.15, 0.2) is 78.9 Å². The molecule has 0 aliphatic carbocycles. The minimum absolute atomic E-state index is 0.198. The van der Waals surface area contributed by atoms with E-state index in [2.05, 4.69) is 0 Å². The number of nitrogens with zero attached hydrogens (tertiary/aromatic N) is 2. The Balaban J connectivity index is 1.71. The molecule has 4 rings (SSSR count). The Morgan fingerprint density at radius 2 is 1.19 bits per heavy atom. The molecular weight excluding hydrogens is 384 g/mol. The van der Waals surface area contributed by atoms with E-state index in [9.17, 15) is 9.59 Å². The topological polar surface area (TPSA) is 40.6 Å². The van der Waals surface area contributed by atoms with Gasteiger partial charge in [0, 0.05) is 5.69 Å². The number of anilines is 2. The fourth-order valence-corrected chi connectivity index (χ4v) is 3.73. The molecule has 1 atom stereocenters. The Hall–Kier alpha value is -3.66. The van der Waals surface area contributed by atoms with E-state index in [1.807, 2.05) is 106 Å². The summed E-state index contributed by atoms with van der Waals surface area (Å²) in [5.41, 5.74) is 5.80. The van der Waals surface area contributed by atoms with Gasteiger partial charge in [-0.05, 0) is 50.6 Å². The van der Waals surface area contributed by atoms with Crippen molar-refractivity contribution >= 4 is 29.4 Å². The van der Waals surface area contributed by atoms with Gasteiger partial charge in [0.25, 0.3) is 0 Å². The molecule has 3 aromatic rings. The number of carbonyl (C=O) groups excluding carboxylic acids is 2. The fourth-order valence-electron chi connectivity index (χ4n) is 3.73. The minimum Gasteiger partial charge on any atom is -0.286 e. The molecule has 0 N–H and O–H groups in total. The maximum absolute atomic E-state index is 13.6. The van der Waals surface area contributed by atoms with Gasteiger partial charge in [-0.15, -0.1) is 0 Å². The molecule has 156 valence electrons. The SMILES string of the molecule is Cc1ccc(/C=C/C2CC(=O)N(c3ccc(C)cc3)C(=O)N2c2ccc(C)cc2)cc1. The van der Waals surface area contributed by atoms with Gasteiger partial charge in [-0.3, -0.25) is 9.69 Å². The van der Waals surface area contributed by atoms with Gasteiger partial charge in [0.1, 0.15) is 0 Å². The lowest BCUT2D eigenvalue weighted by Crippen LogP contribution is -2.57. The molecule has 1 unspecified atom stereocenters. The van der Waals surface area contributed by atoms with Gasteiger partial charge in [-0.25, -0.2) is 9.69 Å². The third kappa shape index (κ3) is 4.43. The number of urea groups is 1. The Labute approximate surface area is 183 Å². The fraction of sp³-hybridized carbons (Fsp3) is 0.185. The van der Waals surface area contributed by atoms with Crippen LogP contribution >= 0.6 is 0 Å². The van der Waals surface area contributed by atoms with Crippen molar-refractivity contribution < 1.29 is 9.59 Å². The van der Waals surface area contributed by atoms with Gasteiger partial charge in [0.05, 0.1) is 18.2 Å². The second-order valence-corrected chi connectivity index (χ2v) is 8.09. The molecule has 1 aliphatic rings. The van der Waals surface area contributed by atoms with Crippen LogP contribution in [0.5, 0.6) is 0 Å². The van der Waals surface area contributed by atoms with Crippen molar-refractivity contribution in [2.75, 3.05) is 9.80 Å². The molecule has 0 saturated carbocycles. The maximum Gasteiger partial charge on any atom is 0.336 e. The highest BCUT2D eigenvalue weighted by molar-refractivity contribution is 6.22. The summed E-state index contributed by atoms with van der Waals surface area (Å²) in [5, 5.41) is 0. The highest BCUT2D eigenvalue weighted by Crippen LogP contribution is 2.30. The third-order valence-electron chi connectivity index (χ3n) is 5.55. The summed E-state index contributed by atoms with van der Waals surface area (Å²) in [6.07, 6.45) is 4.15. The van der Waals surface area contributed by atoms with Crippen LogP contribution in [0.25, 0.3) is 6.08 Å². The molecule has 3 aromatic carbocycles. The molecule has 0 spiro atoms. The molecular formula is C27H26N2O2. The van der Waals surface area contributed by atoms with E-state index < -0.39 is 0 Å². The predicted octanol–water partition coefficient (Wildman–Crippen LogP) is 6.06. The number of aryl methyl sites for hydroxylation is 3. The molecule has 4 nitrogen and oxygen atoms in total. The lowest BCUT2D eigenvalue weighted by atomic mass is 10.0. The molecule has 3 amide bonds. The van der Waals surface area contributed by atoms with Crippen molar-refractivity contribution in [3.05, 3.63) is 101 Å². The third-order valence-corrected chi connectivity index (χ3v) is 5.55. The number of hydrogen-bond acceptors (Lipinski definition) is 2. The zero-order valence-electron chi connectivity index (χ0n) is 18.1. The predicted molar refractivity (Wildman–Crippen MR) is 126 cm³/mol. The second kappa shape index (κ2) is 8.60. The lowest BCUT2D eigenvalue weighted by molar-refractivity contribution is -0.118. The summed E-state index contributed by atoms with van der Waals surface area (Å²) in [4.78, 5) is 29.6. The quantitative estimate of drug-likeness (QED) is 0.525. The van der Waals surface area contributed by atoms with E-state index in [1.165, 1.54) is 10.5 Å². The van der Waals surface area contributed by atoms with E-state index in [0.717, 1.165) is 22.4 Å². The molecule has 0 bridgehead atoms. The molecule has 4 heteroatoms. The van der Waals surface area contributed by atoms with Crippen LogP contribution in [0.2, 0.25) is 0 Å². The van der Waals surface area contributed by atoms with Crippen molar-refractivity contribution in [3.63, 3.8) is 0 Å². The Morgan fingerprint density at radius 1 is 0.710 bits per heavy atom. The standard InChI is InChI=1S/C27H26N2O2/c1-19-4-10-22(11-5-19)12-17-25-18-26(30)29(24-15-8-21(3)9-16-24)27(31)28(25)23-13-6-20(2)7-14-23/h4-17,25H,18H2,1-3H3/b17-12+. The van der Waals surface area contributed by atoms with Gasteiger partial charge >= 0.3 is 6.03 Å². The van der Waals surface area contributed by atoms with Crippen molar-refractivity contribution in [2.45, 2.75) is 33.2 Å². The number of hydrogen-bond donors (Lipinski definition) is 0. The summed E-state index contributed by atoms with van der Waals surface area (Å²) in [5.74, 6) is -0.198. The first-order valence-electron chi connectivity index (χ1n) is 10.5. The van der Waals surface area contributed by atoms with Crippen molar-refractivity contribution in [1.82, 2.24) is 0 Å². The average Bonchev–Trinajstić information content (AvgIpc) is 2.75. The van der Waals surface area contributed by atoms with E-state index in [4.69, 9.17) is 0 Å². The molecule has 0 radical (unpaired) electrons. The largest absolute Gasteiger partial charge is 0.336 e. The van der Waals surface area contributed by atoms with Crippen molar-refractivity contribution in [3.8, 4) is 0 Å². The monoisotopic (exact) mass is 410 g/mol. The molecule has 0 aromatic heterocycles. The molecule has 1 aliphatic heterocycles. The van der Waals surface area contributed by atoms with Crippen LogP contribution in [0.1, 0.15) is 28.7 Å². The normalized spacial score (nSPS) is 16.9. The summed E-state index contributed by atoms with van der Waals surface area (Å²) in [6, 6.07) is 22.8. The number of amides is 3. The average molecular weight is 411 g/mol. The summed E-state index contributed by atoms with van der Waals surface area (Å²) < 4.78 is 0. The van der Waals surface area contributed by atoms with Gasteiger partial charge in [-0.1, -0.05) is 77.4 Å². The van der Waals surface area contributed by atoms with Crippen LogP contribution in [0, 0.1) is 20.8 Å². The smallest absolute Gasteiger partial charge is 0.286 e. The summed E-state index contributed by atoms with van der Waals surface area (Å²) in [7, 11) is 0. The number of benzene rings is 3. The first kappa shape index (κ1) is 20.6. The summed E-state index contributed by atoms with van der Waals surface area (Å²) >= 11 is 0. The van der Waals surface area contributed by atoms with E-state index in [-0.39, 0.29) is 24.4 Å². The first-order chi connectivity index (χ1) is 14.9. The van der Waals surface area contributed by atoms with Gasteiger partial charge in [0.2, 0.25) is 5.91 Å². The zero-order chi connectivity index (χ0) is 22.0. The van der Waals surface area contributed by atoms with Crippen LogP contribution in [0.4, 0.5) is 16.2 Å². The Bertz CT molecular complexity index is 1110. The molecule has 1 heterocycles. The molecule has 31 heavy (non-hydrogen) atoms. The molecule has 1 saturated heterocycles. The van der Waals surface area contributed by atoms with Crippen LogP contribution in [-0.2, 0) is 4.79 Å². The Morgan fingerprint density at radius 3 is 1.74 bits per heavy atom. The summed E-state index contributed by atoms with van der Waals surface area (Å²) in [6.45, 7) is 6.04. The number of imide groups is 1. The Kier molecular flexibility index (Phi) is 5.72. The van der Waals surface area contributed by atoms with Crippen LogP contribution in [-0.4, -0.2) is 18.0 Å². The van der Waals surface area contributed by atoms with Crippen LogP contribution < -0.4 is 9.80 Å². The van der Waals surface area contributed by atoms with Crippen molar-refractivity contribution in [1.29, 1.82) is 0 Å². The van der Waals surface area contributed by atoms with Gasteiger partial charge < -0.3 is 0 Å². The maximum atomic E-state index is 13.6. The minimum atomic E-state index is -0.356. The van der Waals surface area contributed by atoms with E-state index in [1.54, 1.807) is 4.90 Å². The van der Waals surface area contributed by atoms with Gasteiger partial charge in [-0.2, -0.15) is 0 Å². The van der Waals surface area contributed by atoms with E-state index >= 15 is 0 Å². The molecule has 1 fully saturated rings. The highest BCUT2D eigenvalue weighted by atomic mass is 16.2. The van der Waals surface area contributed by atoms with Crippen LogP contribution in [0.3, 0.4) is 0 Å². The zero-order valence-corrected chi connectivity index (χ0v) is 18.1. The van der Waals surface area contributed by atoms with Gasteiger partial charge in [0.15, 0.2) is 0 Å². The second-order valence-electron chi connectivity index (χ2n) is 8.09. The lowest BCUT2D eigenvalue weighted by Gasteiger charge is -2.39.